The molecule has 1 fully saturated rings. The summed E-state index contributed by atoms with van der Waals surface area (Å²) in [5.74, 6) is -0.699. The first-order chi connectivity index (χ1) is 16.5. The van der Waals surface area contributed by atoms with Crippen LogP contribution >= 0.6 is 0 Å². The first-order valence-electron chi connectivity index (χ1n) is 11.9. The summed E-state index contributed by atoms with van der Waals surface area (Å²) < 4.78 is 2.10. The van der Waals surface area contributed by atoms with E-state index in [4.69, 9.17) is 4.98 Å². The molecular formula is C28H29N3O3. The van der Waals surface area contributed by atoms with E-state index in [2.05, 4.69) is 28.1 Å². The Morgan fingerprint density at radius 2 is 1.82 bits per heavy atom. The Morgan fingerprint density at radius 3 is 2.62 bits per heavy atom. The minimum Gasteiger partial charge on any atom is -0.481 e. The molecule has 0 spiro atoms. The lowest BCUT2D eigenvalue weighted by Crippen LogP contribution is -2.32. The van der Waals surface area contributed by atoms with Gasteiger partial charge >= 0.3 is 5.97 Å². The van der Waals surface area contributed by atoms with Crippen LogP contribution < -0.4 is 5.32 Å². The number of para-hydroxylation sites is 1. The van der Waals surface area contributed by atoms with Crippen LogP contribution in [0.4, 0.5) is 0 Å². The van der Waals surface area contributed by atoms with Crippen molar-refractivity contribution in [3.63, 3.8) is 0 Å². The minimum absolute atomic E-state index is 0.0829. The Kier molecular flexibility index (Phi) is 6.05. The van der Waals surface area contributed by atoms with Crippen LogP contribution in [0, 0.1) is 18.8 Å². The molecule has 6 heteroatoms. The molecule has 6 nitrogen and oxygen atoms in total. The van der Waals surface area contributed by atoms with Crippen molar-refractivity contribution in [2.75, 3.05) is 6.54 Å². The quantitative estimate of drug-likeness (QED) is 0.420. The maximum atomic E-state index is 13.3. The maximum absolute atomic E-state index is 13.3. The Labute approximate surface area is 198 Å². The Balaban J connectivity index is 1.36. The number of benzene rings is 2. The molecule has 1 aliphatic rings. The number of hydrogen-bond acceptors (Lipinski definition) is 3. The highest BCUT2D eigenvalue weighted by Gasteiger charge is 2.26. The second-order valence-corrected chi connectivity index (χ2v) is 9.46. The molecule has 0 bridgehead atoms. The first kappa shape index (κ1) is 22.1. The fraction of sp³-hybridized carbons (Fsp3) is 0.321. The molecule has 2 aromatic heterocycles. The van der Waals surface area contributed by atoms with Gasteiger partial charge in [0.05, 0.1) is 34.8 Å². The fourth-order valence-electron chi connectivity index (χ4n) is 5.12. The van der Waals surface area contributed by atoms with Crippen molar-refractivity contribution in [3.8, 4) is 0 Å². The normalized spacial score (nSPS) is 18.3. The van der Waals surface area contributed by atoms with Crippen LogP contribution in [-0.2, 0) is 11.3 Å². The molecule has 1 amide bonds. The summed E-state index contributed by atoms with van der Waals surface area (Å²) in [6, 6.07) is 18.3. The number of aryl methyl sites for hydroxylation is 1. The van der Waals surface area contributed by atoms with E-state index in [1.807, 2.05) is 49.5 Å². The summed E-state index contributed by atoms with van der Waals surface area (Å²) >= 11 is 0. The highest BCUT2D eigenvalue weighted by molar-refractivity contribution is 6.06. The van der Waals surface area contributed by atoms with Gasteiger partial charge in [-0.3, -0.25) is 14.6 Å². The van der Waals surface area contributed by atoms with E-state index in [0.29, 0.717) is 37.4 Å². The Morgan fingerprint density at radius 1 is 1.03 bits per heavy atom. The molecule has 0 unspecified atom stereocenters. The highest BCUT2D eigenvalue weighted by atomic mass is 16.4. The van der Waals surface area contributed by atoms with E-state index >= 15 is 0 Å². The molecule has 0 atom stereocenters. The lowest BCUT2D eigenvalue weighted by Gasteiger charge is -2.26. The summed E-state index contributed by atoms with van der Waals surface area (Å²) in [5, 5.41) is 14.5. The zero-order chi connectivity index (χ0) is 23.7. The van der Waals surface area contributed by atoms with E-state index in [9.17, 15) is 14.7 Å². The largest absolute Gasteiger partial charge is 0.481 e. The second-order valence-electron chi connectivity index (χ2n) is 9.46. The number of carboxylic acids is 1. The van der Waals surface area contributed by atoms with Crippen LogP contribution in [0.3, 0.4) is 0 Å². The van der Waals surface area contributed by atoms with E-state index in [-0.39, 0.29) is 11.8 Å². The van der Waals surface area contributed by atoms with Crippen molar-refractivity contribution in [2.45, 2.75) is 39.2 Å². The lowest BCUT2D eigenvalue weighted by atomic mass is 9.82. The van der Waals surface area contributed by atoms with Crippen molar-refractivity contribution >= 4 is 33.7 Å². The van der Waals surface area contributed by atoms with Gasteiger partial charge in [-0.1, -0.05) is 24.3 Å². The minimum atomic E-state index is -0.702. The summed E-state index contributed by atoms with van der Waals surface area (Å²) in [7, 11) is 0. The van der Waals surface area contributed by atoms with Crippen molar-refractivity contribution in [1.29, 1.82) is 0 Å². The Hall–Kier alpha value is -3.67. The molecule has 5 rings (SSSR count). The fourth-order valence-corrected chi connectivity index (χ4v) is 5.12. The van der Waals surface area contributed by atoms with Gasteiger partial charge < -0.3 is 15.0 Å². The highest BCUT2D eigenvalue weighted by Crippen LogP contribution is 2.29. The zero-order valence-electron chi connectivity index (χ0n) is 19.3. The van der Waals surface area contributed by atoms with Gasteiger partial charge in [0.2, 0.25) is 0 Å². The summed E-state index contributed by atoms with van der Waals surface area (Å²) in [4.78, 5) is 29.3. The molecule has 2 aromatic carbocycles. The number of hydrogen-bond donors (Lipinski definition) is 2. The smallest absolute Gasteiger partial charge is 0.306 e. The van der Waals surface area contributed by atoms with E-state index in [0.717, 1.165) is 45.9 Å². The average Bonchev–Trinajstić information content (AvgIpc) is 3.24. The van der Waals surface area contributed by atoms with E-state index in [1.165, 1.54) is 0 Å². The second kappa shape index (κ2) is 9.29. The molecule has 0 radical (unpaired) electrons. The molecule has 174 valence electrons. The molecule has 0 saturated heterocycles. The number of pyridine rings is 1. The van der Waals surface area contributed by atoms with Gasteiger partial charge in [-0.05, 0) is 74.4 Å². The third kappa shape index (κ3) is 4.53. The summed E-state index contributed by atoms with van der Waals surface area (Å²) in [5.41, 5.74) is 4.52. The number of rotatable bonds is 6. The van der Waals surface area contributed by atoms with Gasteiger partial charge in [-0.25, -0.2) is 0 Å². The van der Waals surface area contributed by atoms with Gasteiger partial charge in [0, 0.05) is 23.5 Å². The number of carboxylic acid groups (broad SMARTS) is 1. The third-order valence-electron chi connectivity index (χ3n) is 6.99. The molecule has 2 heterocycles. The Bertz CT molecular complexity index is 1370. The van der Waals surface area contributed by atoms with Crippen molar-refractivity contribution in [1.82, 2.24) is 14.9 Å². The molecule has 4 aromatic rings. The molecular weight excluding hydrogens is 426 g/mol. The van der Waals surface area contributed by atoms with Gasteiger partial charge in [0.15, 0.2) is 0 Å². The molecule has 2 N–H and O–H groups in total. The van der Waals surface area contributed by atoms with Crippen molar-refractivity contribution in [2.24, 2.45) is 11.8 Å². The number of carbonyl (C=O) groups excluding carboxylic acids is 1. The summed E-state index contributed by atoms with van der Waals surface area (Å²) in [6.45, 7) is 3.16. The van der Waals surface area contributed by atoms with E-state index in [1.54, 1.807) is 0 Å². The van der Waals surface area contributed by atoms with Gasteiger partial charge in [0.1, 0.15) is 0 Å². The molecule has 34 heavy (non-hydrogen) atoms. The van der Waals surface area contributed by atoms with Crippen LogP contribution in [-0.4, -0.2) is 33.1 Å². The average molecular weight is 456 g/mol. The summed E-state index contributed by atoms with van der Waals surface area (Å²) in [6.07, 6.45) is 5.07. The van der Waals surface area contributed by atoms with Crippen molar-refractivity contribution in [3.05, 3.63) is 77.6 Å². The SMILES string of the molecule is Cc1cc(C(=O)NC[C@H]2CC[C@H](C(=O)O)CC2)c2c(ccn2Cc2ccc3ccccc3n2)c1. The third-order valence-corrected chi connectivity index (χ3v) is 6.99. The van der Waals surface area contributed by atoms with Gasteiger partial charge in [-0.15, -0.1) is 0 Å². The molecule has 1 saturated carbocycles. The standard InChI is InChI=1S/C28H29N3O3/c1-18-14-22-12-13-31(17-23-11-10-20-4-2-3-5-25(20)30-23)26(22)24(15-18)27(32)29-16-19-6-8-21(9-7-19)28(33)34/h2-5,10-15,19,21H,6-9,16-17H2,1H3,(H,29,32)(H,33,34)/t19-,21-. The van der Waals surface area contributed by atoms with Crippen LogP contribution in [0.5, 0.6) is 0 Å². The predicted molar refractivity (Wildman–Crippen MR) is 133 cm³/mol. The molecule has 0 aliphatic heterocycles. The van der Waals surface area contributed by atoms with E-state index < -0.39 is 5.97 Å². The van der Waals surface area contributed by atoms with Gasteiger partial charge in [0.25, 0.3) is 5.91 Å². The van der Waals surface area contributed by atoms with Gasteiger partial charge in [-0.2, -0.15) is 0 Å². The number of carbonyl (C=O) groups is 2. The topological polar surface area (TPSA) is 84.2 Å². The number of nitrogens with zero attached hydrogens (tertiary/aromatic N) is 2. The number of nitrogens with one attached hydrogen (secondary N) is 1. The first-order valence-corrected chi connectivity index (χ1v) is 11.9. The molecule has 1 aliphatic carbocycles. The van der Waals surface area contributed by atoms with Crippen LogP contribution in [0.15, 0.2) is 60.8 Å². The number of amides is 1. The predicted octanol–water partition coefficient (Wildman–Crippen LogP) is 5.17. The number of fused-ring (bicyclic) bond motifs is 2. The lowest BCUT2D eigenvalue weighted by molar-refractivity contribution is -0.143. The maximum Gasteiger partial charge on any atom is 0.306 e. The van der Waals surface area contributed by atoms with Crippen LogP contribution in [0.2, 0.25) is 0 Å². The monoisotopic (exact) mass is 455 g/mol. The van der Waals surface area contributed by atoms with Crippen LogP contribution in [0.1, 0.15) is 47.3 Å². The van der Waals surface area contributed by atoms with Crippen molar-refractivity contribution < 1.29 is 14.7 Å². The zero-order valence-corrected chi connectivity index (χ0v) is 19.3. The van der Waals surface area contributed by atoms with Crippen LogP contribution in [0.25, 0.3) is 21.8 Å². The number of aliphatic carboxylic acids is 1. The number of aromatic nitrogens is 2.